The third-order valence-electron chi connectivity index (χ3n) is 3.93. The molecule has 0 bridgehead atoms. The van der Waals surface area contributed by atoms with Crippen molar-refractivity contribution >= 4 is 5.91 Å². The smallest absolute Gasteiger partial charge is 0.223 e. The number of amides is 1. The Labute approximate surface area is 113 Å². The normalized spacial score (nSPS) is 21.5. The first-order chi connectivity index (χ1) is 9.20. The number of oxazole rings is 1. The van der Waals surface area contributed by atoms with Gasteiger partial charge >= 0.3 is 0 Å². The Kier molecular flexibility index (Phi) is 3.55. The van der Waals surface area contributed by atoms with E-state index < -0.39 is 0 Å². The number of hydrogen-bond acceptors (Lipinski definition) is 4. The molecule has 0 spiro atoms. The number of carbonyl (C=O) groups is 1. The number of aryl methyl sites for hydroxylation is 1. The molecule has 2 aliphatic rings. The van der Waals surface area contributed by atoms with Gasteiger partial charge < -0.3 is 9.73 Å². The Morgan fingerprint density at radius 2 is 2.16 bits per heavy atom. The van der Waals surface area contributed by atoms with E-state index >= 15 is 0 Å². The number of hydrogen-bond donors (Lipinski definition) is 1. The summed E-state index contributed by atoms with van der Waals surface area (Å²) < 4.78 is 5.21. The van der Waals surface area contributed by atoms with E-state index in [0.29, 0.717) is 11.9 Å². The molecule has 1 saturated carbocycles. The van der Waals surface area contributed by atoms with E-state index in [4.69, 9.17) is 4.42 Å². The quantitative estimate of drug-likeness (QED) is 0.893. The number of aromatic nitrogens is 1. The minimum atomic E-state index is 0.205. The van der Waals surface area contributed by atoms with Crippen LogP contribution >= 0.6 is 0 Å². The van der Waals surface area contributed by atoms with Crippen molar-refractivity contribution in [3.8, 4) is 0 Å². The first-order valence-electron chi connectivity index (χ1n) is 7.14. The standard InChI is InChI=1S/C14H21N3O2/c1-10-15-13(9-19-10)8-17-6-4-11(5-7-17)14(18)16-12-2-3-12/h9,11-12H,2-8H2,1H3,(H,16,18). The molecule has 19 heavy (non-hydrogen) atoms. The highest BCUT2D eigenvalue weighted by atomic mass is 16.3. The van der Waals surface area contributed by atoms with Gasteiger partial charge in [-0.1, -0.05) is 0 Å². The van der Waals surface area contributed by atoms with Crippen molar-refractivity contribution < 1.29 is 9.21 Å². The summed E-state index contributed by atoms with van der Waals surface area (Å²) in [6.45, 7) is 4.62. The van der Waals surface area contributed by atoms with Gasteiger partial charge in [0.2, 0.25) is 5.91 Å². The minimum absolute atomic E-state index is 0.205. The van der Waals surface area contributed by atoms with Gasteiger partial charge in [-0.15, -0.1) is 0 Å². The summed E-state index contributed by atoms with van der Waals surface area (Å²) in [5.74, 6) is 1.18. The molecule has 1 aromatic rings. The highest BCUT2D eigenvalue weighted by Crippen LogP contribution is 2.23. The monoisotopic (exact) mass is 263 g/mol. The van der Waals surface area contributed by atoms with Crippen LogP contribution in [-0.4, -0.2) is 34.9 Å². The molecule has 2 heterocycles. The summed E-state index contributed by atoms with van der Waals surface area (Å²) in [5.41, 5.74) is 0.985. The zero-order chi connectivity index (χ0) is 13.2. The molecule has 0 radical (unpaired) electrons. The number of piperidine rings is 1. The predicted molar refractivity (Wildman–Crippen MR) is 70.4 cm³/mol. The molecule has 1 aliphatic carbocycles. The first kappa shape index (κ1) is 12.7. The molecule has 1 amide bonds. The van der Waals surface area contributed by atoms with Crippen molar-refractivity contribution in [2.24, 2.45) is 5.92 Å². The fourth-order valence-electron chi connectivity index (χ4n) is 2.61. The van der Waals surface area contributed by atoms with Crippen LogP contribution in [0.3, 0.4) is 0 Å². The Bertz CT molecular complexity index is 445. The molecule has 1 saturated heterocycles. The molecule has 5 heteroatoms. The lowest BCUT2D eigenvalue weighted by Crippen LogP contribution is -2.40. The third-order valence-corrected chi connectivity index (χ3v) is 3.93. The lowest BCUT2D eigenvalue weighted by Gasteiger charge is -2.30. The summed E-state index contributed by atoms with van der Waals surface area (Å²) in [7, 11) is 0. The Morgan fingerprint density at radius 3 is 2.74 bits per heavy atom. The molecule has 2 fully saturated rings. The Balaban J connectivity index is 1.44. The van der Waals surface area contributed by atoms with E-state index in [9.17, 15) is 4.79 Å². The van der Waals surface area contributed by atoms with E-state index in [1.807, 2.05) is 6.92 Å². The van der Waals surface area contributed by atoms with Crippen LogP contribution in [0, 0.1) is 12.8 Å². The number of nitrogens with zero attached hydrogens (tertiary/aromatic N) is 2. The van der Waals surface area contributed by atoms with Crippen molar-refractivity contribution in [1.82, 2.24) is 15.2 Å². The lowest BCUT2D eigenvalue weighted by molar-refractivity contribution is -0.126. The zero-order valence-corrected chi connectivity index (χ0v) is 11.4. The van der Waals surface area contributed by atoms with Gasteiger partial charge in [-0.2, -0.15) is 0 Å². The van der Waals surface area contributed by atoms with Crippen LogP contribution in [0.1, 0.15) is 37.3 Å². The fraction of sp³-hybridized carbons (Fsp3) is 0.714. The van der Waals surface area contributed by atoms with Crippen molar-refractivity contribution in [3.05, 3.63) is 17.8 Å². The van der Waals surface area contributed by atoms with Crippen LogP contribution in [0.4, 0.5) is 0 Å². The predicted octanol–water partition coefficient (Wildman–Crippen LogP) is 1.47. The largest absolute Gasteiger partial charge is 0.449 e. The summed E-state index contributed by atoms with van der Waals surface area (Å²) in [6, 6.07) is 0.476. The molecular formula is C14H21N3O2. The van der Waals surface area contributed by atoms with Gasteiger partial charge in [0.25, 0.3) is 0 Å². The number of rotatable bonds is 4. The van der Waals surface area contributed by atoms with Gasteiger partial charge in [-0.05, 0) is 38.8 Å². The van der Waals surface area contributed by atoms with Crippen LogP contribution < -0.4 is 5.32 Å². The number of nitrogens with one attached hydrogen (secondary N) is 1. The molecule has 3 rings (SSSR count). The maximum absolute atomic E-state index is 12.0. The first-order valence-corrected chi connectivity index (χ1v) is 7.14. The van der Waals surface area contributed by atoms with Gasteiger partial charge in [0.05, 0.1) is 5.69 Å². The molecule has 1 aliphatic heterocycles. The van der Waals surface area contributed by atoms with Crippen LogP contribution in [0.5, 0.6) is 0 Å². The van der Waals surface area contributed by atoms with Crippen LogP contribution in [0.15, 0.2) is 10.7 Å². The van der Waals surface area contributed by atoms with E-state index in [0.717, 1.165) is 51.0 Å². The number of carbonyl (C=O) groups excluding carboxylic acids is 1. The zero-order valence-electron chi connectivity index (χ0n) is 11.4. The summed E-state index contributed by atoms with van der Waals surface area (Å²) >= 11 is 0. The molecule has 0 aromatic carbocycles. The molecule has 0 unspecified atom stereocenters. The Hall–Kier alpha value is -1.36. The van der Waals surface area contributed by atoms with Crippen molar-refractivity contribution in [3.63, 3.8) is 0 Å². The van der Waals surface area contributed by atoms with Crippen LogP contribution in [0.25, 0.3) is 0 Å². The highest BCUT2D eigenvalue weighted by Gasteiger charge is 2.29. The second-order valence-electron chi connectivity index (χ2n) is 5.69. The van der Waals surface area contributed by atoms with Gasteiger partial charge in [-0.3, -0.25) is 9.69 Å². The molecule has 1 aromatic heterocycles. The van der Waals surface area contributed by atoms with E-state index in [1.54, 1.807) is 6.26 Å². The summed E-state index contributed by atoms with van der Waals surface area (Å²) in [6.07, 6.45) is 5.96. The second-order valence-corrected chi connectivity index (χ2v) is 5.69. The van der Waals surface area contributed by atoms with E-state index in [2.05, 4.69) is 15.2 Å². The van der Waals surface area contributed by atoms with Crippen LogP contribution in [-0.2, 0) is 11.3 Å². The van der Waals surface area contributed by atoms with Crippen molar-refractivity contribution in [1.29, 1.82) is 0 Å². The third kappa shape index (κ3) is 3.35. The summed E-state index contributed by atoms with van der Waals surface area (Å²) in [5, 5.41) is 3.11. The minimum Gasteiger partial charge on any atom is -0.449 e. The molecular weight excluding hydrogens is 242 g/mol. The van der Waals surface area contributed by atoms with Crippen LogP contribution in [0.2, 0.25) is 0 Å². The SMILES string of the molecule is Cc1nc(CN2CCC(C(=O)NC3CC3)CC2)co1. The average molecular weight is 263 g/mol. The lowest BCUT2D eigenvalue weighted by atomic mass is 9.96. The molecule has 5 nitrogen and oxygen atoms in total. The van der Waals surface area contributed by atoms with E-state index in [1.165, 1.54) is 0 Å². The highest BCUT2D eigenvalue weighted by molar-refractivity contribution is 5.79. The maximum atomic E-state index is 12.0. The topological polar surface area (TPSA) is 58.4 Å². The maximum Gasteiger partial charge on any atom is 0.223 e. The number of likely N-dealkylation sites (tertiary alicyclic amines) is 1. The fourth-order valence-corrected chi connectivity index (χ4v) is 2.61. The molecule has 0 atom stereocenters. The van der Waals surface area contributed by atoms with Crippen molar-refractivity contribution in [2.75, 3.05) is 13.1 Å². The van der Waals surface area contributed by atoms with Gasteiger partial charge in [0.15, 0.2) is 5.89 Å². The summed E-state index contributed by atoms with van der Waals surface area (Å²) in [4.78, 5) is 18.6. The average Bonchev–Trinajstić information content (AvgIpc) is 3.12. The molecule has 104 valence electrons. The van der Waals surface area contributed by atoms with Gasteiger partial charge in [0, 0.05) is 25.4 Å². The molecule has 1 N–H and O–H groups in total. The van der Waals surface area contributed by atoms with Crippen molar-refractivity contribution in [2.45, 2.75) is 45.2 Å². The van der Waals surface area contributed by atoms with Gasteiger partial charge in [-0.25, -0.2) is 4.98 Å². The van der Waals surface area contributed by atoms with Gasteiger partial charge in [0.1, 0.15) is 6.26 Å². The Morgan fingerprint density at radius 1 is 1.42 bits per heavy atom. The van der Waals surface area contributed by atoms with E-state index in [-0.39, 0.29) is 11.8 Å². The second kappa shape index (κ2) is 5.33.